The topological polar surface area (TPSA) is 46.3 Å². The van der Waals surface area contributed by atoms with Crippen LogP contribution in [-0.4, -0.2) is 30.4 Å². The van der Waals surface area contributed by atoms with Gasteiger partial charge < -0.3 is 10.6 Å². The molecule has 0 aliphatic rings. The van der Waals surface area contributed by atoms with E-state index in [2.05, 4.69) is 13.8 Å². The number of thiophene rings is 1. The van der Waals surface area contributed by atoms with Crippen LogP contribution in [0.5, 0.6) is 0 Å². The average Bonchev–Trinajstić information content (AvgIpc) is 2.87. The highest BCUT2D eigenvalue weighted by molar-refractivity contribution is 7.10. The summed E-state index contributed by atoms with van der Waals surface area (Å²) in [7, 11) is 1.86. The number of nitrogens with two attached hydrogens (primary N) is 1. The molecular formula is C14H24N2OS. The monoisotopic (exact) mass is 268 g/mol. The summed E-state index contributed by atoms with van der Waals surface area (Å²) >= 11 is 1.63. The van der Waals surface area contributed by atoms with Gasteiger partial charge in [0.2, 0.25) is 5.91 Å². The Bertz CT molecular complexity index is 362. The fourth-order valence-electron chi connectivity index (χ4n) is 1.78. The molecule has 0 aliphatic heterocycles. The minimum Gasteiger partial charge on any atom is -0.345 e. The highest BCUT2D eigenvalue weighted by Crippen LogP contribution is 2.22. The second kappa shape index (κ2) is 6.90. The molecule has 3 nitrogen and oxygen atoms in total. The van der Waals surface area contributed by atoms with Gasteiger partial charge in [-0.25, -0.2) is 0 Å². The number of hydrogen-bond acceptors (Lipinski definition) is 3. The fourth-order valence-corrected chi connectivity index (χ4v) is 2.55. The van der Waals surface area contributed by atoms with E-state index in [1.165, 1.54) is 0 Å². The average molecular weight is 268 g/mol. The second-order valence-corrected chi connectivity index (χ2v) is 6.17. The molecule has 0 spiro atoms. The van der Waals surface area contributed by atoms with Crippen molar-refractivity contribution in [2.45, 2.75) is 39.2 Å². The van der Waals surface area contributed by atoms with Crippen molar-refractivity contribution in [1.82, 2.24) is 4.90 Å². The highest BCUT2D eigenvalue weighted by atomic mass is 32.1. The highest BCUT2D eigenvalue weighted by Gasteiger charge is 2.20. The lowest BCUT2D eigenvalue weighted by Crippen LogP contribution is -2.36. The third-order valence-corrected chi connectivity index (χ3v) is 4.43. The third kappa shape index (κ3) is 4.10. The van der Waals surface area contributed by atoms with Gasteiger partial charge in [-0.3, -0.25) is 4.79 Å². The van der Waals surface area contributed by atoms with Crippen LogP contribution in [0, 0.1) is 5.92 Å². The number of hydrogen-bond donors (Lipinski definition) is 1. The molecule has 1 amide bonds. The molecule has 0 aromatic carbocycles. The molecule has 0 radical (unpaired) electrons. The Morgan fingerprint density at radius 3 is 2.61 bits per heavy atom. The summed E-state index contributed by atoms with van der Waals surface area (Å²) in [6, 6.07) is 4.16. The summed E-state index contributed by atoms with van der Waals surface area (Å²) in [6.07, 6.45) is 0.858. The SMILES string of the molecule is CC(C(=O)N(C)CCC(N)C(C)C)c1cccs1. The van der Waals surface area contributed by atoms with E-state index in [0.717, 1.165) is 17.8 Å². The summed E-state index contributed by atoms with van der Waals surface area (Å²) in [5, 5.41) is 2.01. The van der Waals surface area contributed by atoms with E-state index in [4.69, 9.17) is 5.73 Å². The van der Waals surface area contributed by atoms with Gasteiger partial charge in [0.15, 0.2) is 0 Å². The maximum Gasteiger partial charge on any atom is 0.230 e. The molecule has 102 valence electrons. The van der Waals surface area contributed by atoms with E-state index >= 15 is 0 Å². The van der Waals surface area contributed by atoms with Crippen LogP contribution in [-0.2, 0) is 4.79 Å². The smallest absolute Gasteiger partial charge is 0.230 e. The Morgan fingerprint density at radius 2 is 2.11 bits per heavy atom. The predicted octanol–water partition coefficient (Wildman–Crippen LogP) is 2.68. The summed E-state index contributed by atoms with van der Waals surface area (Å²) < 4.78 is 0. The molecule has 0 saturated heterocycles. The van der Waals surface area contributed by atoms with Gasteiger partial charge in [0.1, 0.15) is 0 Å². The maximum absolute atomic E-state index is 12.2. The molecule has 1 aromatic rings. The molecule has 1 aromatic heterocycles. The number of amides is 1. The van der Waals surface area contributed by atoms with E-state index in [1.807, 2.05) is 31.5 Å². The van der Waals surface area contributed by atoms with Crippen molar-refractivity contribution in [3.05, 3.63) is 22.4 Å². The zero-order valence-electron chi connectivity index (χ0n) is 11.7. The van der Waals surface area contributed by atoms with E-state index in [9.17, 15) is 4.79 Å². The first kappa shape index (κ1) is 15.2. The normalized spacial score (nSPS) is 14.6. The number of carbonyl (C=O) groups is 1. The maximum atomic E-state index is 12.2. The van der Waals surface area contributed by atoms with E-state index in [0.29, 0.717) is 5.92 Å². The van der Waals surface area contributed by atoms with Crippen LogP contribution >= 0.6 is 11.3 Å². The minimum absolute atomic E-state index is 0.0507. The van der Waals surface area contributed by atoms with Gasteiger partial charge >= 0.3 is 0 Å². The van der Waals surface area contributed by atoms with Gasteiger partial charge in [0.05, 0.1) is 5.92 Å². The lowest BCUT2D eigenvalue weighted by Gasteiger charge is -2.23. The van der Waals surface area contributed by atoms with Gasteiger partial charge in [0.25, 0.3) is 0 Å². The molecule has 18 heavy (non-hydrogen) atoms. The van der Waals surface area contributed by atoms with Crippen molar-refractivity contribution in [3.8, 4) is 0 Å². The van der Waals surface area contributed by atoms with Crippen LogP contribution in [0.4, 0.5) is 0 Å². The van der Waals surface area contributed by atoms with Crippen LogP contribution in [0.3, 0.4) is 0 Å². The number of likely N-dealkylation sites (N-methyl/N-ethyl adjacent to an activating group) is 1. The second-order valence-electron chi connectivity index (χ2n) is 5.19. The first-order valence-electron chi connectivity index (χ1n) is 6.47. The molecule has 4 heteroatoms. The van der Waals surface area contributed by atoms with Crippen molar-refractivity contribution in [3.63, 3.8) is 0 Å². The lowest BCUT2D eigenvalue weighted by atomic mass is 10.0. The van der Waals surface area contributed by atoms with Gasteiger partial charge in [-0.1, -0.05) is 19.9 Å². The quantitative estimate of drug-likeness (QED) is 0.862. The van der Waals surface area contributed by atoms with Crippen LogP contribution in [0.2, 0.25) is 0 Å². The van der Waals surface area contributed by atoms with Crippen LogP contribution < -0.4 is 5.73 Å². The zero-order chi connectivity index (χ0) is 13.7. The summed E-state index contributed by atoms with van der Waals surface area (Å²) in [5.41, 5.74) is 6.00. The molecule has 0 aliphatic carbocycles. The number of carbonyl (C=O) groups excluding carboxylic acids is 1. The first-order valence-corrected chi connectivity index (χ1v) is 7.35. The van der Waals surface area contributed by atoms with Gasteiger partial charge in [-0.15, -0.1) is 11.3 Å². The summed E-state index contributed by atoms with van der Waals surface area (Å²) in [6.45, 7) is 6.92. The van der Waals surface area contributed by atoms with Crippen molar-refractivity contribution in [2.24, 2.45) is 11.7 Å². The van der Waals surface area contributed by atoms with Crippen molar-refractivity contribution in [1.29, 1.82) is 0 Å². The molecule has 0 bridgehead atoms. The Labute approximate surface area is 114 Å². The van der Waals surface area contributed by atoms with Crippen molar-refractivity contribution in [2.75, 3.05) is 13.6 Å². The summed E-state index contributed by atoms with van der Waals surface area (Å²) in [5.74, 6) is 0.585. The van der Waals surface area contributed by atoms with Crippen molar-refractivity contribution < 1.29 is 4.79 Å². The Hall–Kier alpha value is -0.870. The molecular weight excluding hydrogens is 244 g/mol. The molecule has 0 saturated carbocycles. The van der Waals surface area contributed by atoms with E-state index < -0.39 is 0 Å². The molecule has 0 fully saturated rings. The van der Waals surface area contributed by atoms with Crippen LogP contribution in [0.15, 0.2) is 17.5 Å². The van der Waals surface area contributed by atoms with Crippen LogP contribution in [0.25, 0.3) is 0 Å². The van der Waals surface area contributed by atoms with E-state index in [1.54, 1.807) is 16.2 Å². The largest absolute Gasteiger partial charge is 0.345 e. The molecule has 2 N–H and O–H groups in total. The van der Waals surface area contributed by atoms with Gasteiger partial charge in [-0.2, -0.15) is 0 Å². The number of nitrogens with zero attached hydrogens (tertiary/aromatic N) is 1. The van der Waals surface area contributed by atoms with Crippen LogP contribution in [0.1, 0.15) is 38.0 Å². The Morgan fingerprint density at radius 1 is 1.44 bits per heavy atom. The zero-order valence-corrected chi connectivity index (χ0v) is 12.5. The molecule has 1 rings (SSSR count). The van der Waals surface area contributed by atoms with E-state index in [-0.39, 0.29) is 17.9 Å². The van der Waals surface area contributed by atoms with Crippen molar-refractivity contribution >= 4 is 17.2 Å². The summed E-state index contributed by atoms with van der Waals surface area (Å²) in [4.78, 5) is 15.1. The standard InChI is InChI=1S/C14H24N2OS/c1-10(2)12(15)7-8-16(4)14(17)11(3)13-6-5-9-18-13/h5-6,9-12H,7-8,15H2,1-4H3. The minimum atomic E-state index is -0.0507. The van der Waals surface area contributed by atoms with Gasteiger partial charge in [0, 0.05) is 24.5 Å². The molecule has 2 atom stereocenters. The molecule has 1 heterocycles. The Balaban J connectivity index is 2.46. The fraction of sp³-hybridized carbons (Fsp3) is 0.643. The molecule has 2 unspecified atom stereocenters. The van der Waals surface area contributed by atoms with Gasteiger partial charge in [-0.05, 0) is 30.7 Å². The third-order valence-electron chi connectivity index (χ3n) is 3.37. The predicted molar refractivity (Wildman–Crippen MR) is 77.8 cm³/mol. The lowest BCUT2D eigenvalue weighted by molar-refractivity contribution is -0.131. The number of rotatable bonds is 6. The first-order chi connectivity index (χ1) is 8.43. The Kier molecular flexibility index (Phi) is 5.82.